The fourth-order valence-electron chi connectivity index (χ4n) is 3.78. The summed E-state index contributed by atoms with van der Waals surface area (Å²) in [7, 11) is 0. The first-order valence-electron chi connectivity index (χ1n) is 9.63. The summed E-state index contributed by atoms with van der Waals surface area (Å²) in [4.78, 5) is 50.9. The van der Waals surface area contributed by atoms with Gasteiger partial charge in [0.05, 0.1) is 11.1 Å². The van der Waals surface area contributed by atoms with Gasteiger partial charge in [-0.2, -0.15) is 0 Å². The number of nitrogens with zero attached hydrogens (tertiary/aromatic N) is 1. The largest absolute Gasteiger partial charge is 0.329 e. The van der Waals surface area contributed by atoms with Crippen LogP contribution in [0.25, 0.3) is 0 Å². The Bertz CT molecular complexity index is 1000. The van der Waals surface area contributed by atoms with Crippen molar-refractivity contribution < 1.29 is 19.2 Å². The molecule has 0 aliphatic carbocycles. The van der Waals surface area contributed by atoms with Crippen LogP contribution in [0.1, 0.15) is 56.8 Å². The number of hydrogen-bond donors (Lipinski definition) is 1. The summed E-state index contributed by atoms with van der Waals surface area (Å²) in [5, 5.41) is 2.81. The molecule has 4 rings (SSSR count). The van der Waals surface area contributed by atoms with Crippen LogP contribution in [0.2, 0.25) is 0 Å². The molecule has 3 amide bonds. The molecular weight excluding hydrogens is 368 g/mol. The van der Waals surface area contributed by atoms with E-state index in [-0.39, 0.29) is 36.5 Å². The molecule has 0 saturated heterocycles. The lowest BCUT2D eigenvalue weighted by Gasteiger charge is -2.21. The third-order valence-electron chi connectivity index (χ3n) is 5.25. The summed E-state index contributed by atoms with van der Waals surface area (Å²) in [5.74, 6) is -0.813. The highest BCUT2D eigenvalue weighted by molar-refractivity contribution is 6.21. The Labute approximate surface area is 168 Å². The van der Waals surface area contributed by atoms with E-state index in [9.17, 15) is 19.2 Å². The second-order valence-corrected chi connectivity index (χ2v) is 7.11. The van der Waals surface area contributed by atoms with Crippen molar-refractivity contribution >= 4 is 23.5 Å². The Hall–Kier alpha value is -3.54. The van der Waals surface area contributed by atoms with Crippen LogP contribution in [0.15, 0.2) is 65.9 Å². The number of allylic oxidation sites excluding steroid dienone is 2. The third-order valence-corrected chi connectivity index (χ3v) is 5.25. The number of nitrogens with one attached hydrogen (secondary N) is 1. The minimum Gasteiger partial charge on any atom is -0.329 e. The van der Waals surface area contributed by atoms with Gasteiger partial charge in [0, 0.05) is 29.8 Å². The van der Waals surface area contributed by atoms with Crippen LogP contribution in [0, 0.1) is 0 Å². The number of benzene rings is 2. The molecule has 2 aliphatic heterocycles. The van der Waals surface area contributed by atoms with Gasteiger partial charge < -0.3 is 5.32 Å². The fourth-order valence-corrected chi connectivity index (χ4v) is 3.78. The van der Waals surface area contributed by atoms with Crippen molar-refractivity contribution in [2.24, 2.45) is 0 Å². The molecule has 6 nitrogen and oxygen atoms in total. The van der Waals surface area contributed by atoms with E-state index in [4.69, 9.17) is 0 Å². The summed E-state index contributed by atoms with van der Waals surface area (Å²) in [6.45, 7) is 0.235. The number of amides is 3. The van der Waals surface area contributed by atoms with Crippen molar-refractivity contribution in [2.75, 3.05) is 6.54 Å². The minimum absolute atomic E-state index is 0.0960. The second-order valence-electron chi connectivity index (χ2n) is 7.11. The van der Waals surface area contributed by atoms with Gasteiger partial charge in [-0.3, -0.25) is 24.1 Å². The van der Waals surface area contributed by atoms with Crippen LogP contribution in [-0.4, -0.2) is 34.9 Å². The van der Waals surface area contributed by atoms with Gasteiger partial charge in [0.2, 0.25) is 5.91 Å². The van der Waals surface area contributed by atoms with Gasteiger partial charge in [-0.05, 0) is 31.4 Å². The molecule has 29 heavy (non-hydrogen) atoms. The molecule has 2 aliphatic rings. The van der Waals surface area contributed by atoms with E-state index in [1.165, 1.54) is 4.90 Å². The van der Waals surface area contributed by atoms with E-state index in [2.05, 4.69) is 5.32 Å². The normalized spacial score (nSPS) is 16.1. The maximum Gasteiger partial charge on any atom is 0.261 e. The average Bonchev–Trinajstić information content (AvgIpc) is 2.99. The molecule has 0 unspecified atom stereocenters. The topological polar surface area (TPSA) is 83.6 Å². The maximum absolute atomic E-state index is 12.9. The average molecular weight is 388 g/mol. The van der Waals surface area contributed by atoms with Crippen molar-refractivity contribution in [2.45, 2.75) is 25.7 Å². The maximum atomic E-state index is 12.9. The lowest BCUT2D eigenvalue weighted by atomic mass is 9.93. The van der Waals surface area contributed by atoms with E-state index in [0.29, 0.717) is 47.2 Å². The van der Waals surface area contributed by atoms with Crippen molar-refractivity contribution in [3.63, 3.8) is 0 Å². The molecule has 2 aromatic rings. The lowest BCUT2D eigenvalue weighted by molar-refractivity contribution is -0.120. The van der Waals surface area contributed by atoms with Crippen molar-refractivity contribution in [3.05, 3.63) is 82.6 Å². The Morgan fingerprint density at radius 3 is 2.14 bits per heavy atom. The van der Waals surface area contributed by atoms with Crippen LogP contribution in [0.3, 0.4) is 0 Å². The number of rotatable bonds is 6. The van der Waals surface area contributed by atoms with Crippen LogP contribution < -0.4 is 5.32 Å². The number of ketones is 1. The Morgan fingerprint density at radius 2 is 1.48 bits per heavy atom. The van der Waals surface area contributed by atoms with Gasteiger partial charge in [-0.15, -0.1) is 0 Å². The summed E-state index contributed by atoms with van der Waals surface area (Å²) >= 11 is 0. The number of carbonyl (C=O) groups excluding carboxylic acids is 4. The molecule has 2 heterocycles. The standard InChI is InChI=1S/C23H20N2O4/c26-20-13-12-18(21(27)15-7-2-1-3-8-15)19(24-20)11-6-14-25-22(28)16-9-4-5-10-17(16)23(25)29/h1-5,7-10H,6,11-14H2,(H,24,26). The molecule has 0 bridgehead atoms. The number of imide groups is 1. The zero-order valence-electron chi connectivity index (χ0n) is 15.8. The number of fused-ring (bicyclic) bond motifs is 1. The van der Waals surface area contributed by atoms with Gasteiger partial charge in [0.25, 0.3) is 11.8 Å². The highest BCUT2D eigenvalue weighted by atomic mass is 16.2. The zero-order chi connectivity index (χ0) is 20.4. The summed E-state index contributed by atoms with van der Waals surface area (Å²) in [5.41, 5.74) is 2.60. The van der Waals surface area contributed by atoms with Gasteiger partial charge in [-0.1, -0.05) is 42.5 Å². The van der Waals surface area contributed by atoms with E-state index in [1.54, 1.807) is 48.5 Å². The van der Waals surface area contributed by atoms with Crippen LogP contribution in [0.4, 0.5) is 0 Å². The molecule has 0 saturated carbocycles. The van der Waals surface area contributed by atoms with Gasteiger partial charge in [0.1, 0.15) is 0 Å². The minimum atomic E-state index is -0.298. The van der Waals surface area contributed by atoms with E-state index < -0.39 is 0 Å². The molecule has 146 valence electrons. The fraction of sp³-hybridized carbons (Fsp3) is 0.217. The lowest BCUT2D eigenvalue weighted by Crippen LogP contribution is -2.33. The van der Waals surface area contributed by atoms with Gasteiger partial charge in [0.15, 0.2) is 5.78 Å². The SMILES string of the molecule is O=C1CCC(C(=O)c2ccccc2)=C(CCCN2C(=O)c3ccccc3C2=O)N1. The quantitative estimate of drug-likeness (QED) is 0.609. The molecule has 0 atom stereocenters. The molecule has 0 aromatic heterocycles. The third kappa shape index (κ3) is 3.61. The first kappa shape index (κ1) is 18.8. The van der Waals surface area contributed by atoms with E-state index in [0.717, 1.165) is 0 Å². The molecule has 1 N–H and O–H groups in total. The second kappa shape index (κ2) is 7.83. The molecular formula is C23H20N2O4. The van der Waals surface area contributed by atoms with Crippen molar-refractivity contribution in [3.8, 4) is 0 Å². The monoisotopic (exact) mass is 388 g/mol. The van der Waals surface area contributed by atoms with Crippen LogP contribution >= 0.6 is 0 Å². The number of Topliss-reactive ketones (excluding diaryl/α,β-unsaturated/α-hetero) is 1. The van der Waals surface area contributed by atoms with Crippen molar-refractivity contribution in [1.29, 1.82) is 0 Å². The molecule has 0 fully saturated rings. The highest BCUT2D eigenvalue weighted by Crippen LogP contribution is 2.25. The van der Waals surface area contributed by atoms with Crippen molar-refractivity contribution in [1.82, 2.24) is 10.2 Å². The van der Waals surface area contributed by atoms with Crippen LogP contribution in [0.5, 0.6) is 0 Å². The first-order chi connectivity index (χ1) is 14.1. The van der Waals surface area contributed by atoms with E-state index in [1.807, 2.05) is 6.07 Å². The Morgan fingerprint density at radius 1 is 0.862 bits per heavy atom. The summed E-state index contributed by atoms with van der Waals surface area (Å²) < 4.78 is 0. The molecule has 0 radical (unpaired) electrons. The van der Waals surface area contributed by atoms with Gasteiger partial charge in [-0.25, -0.2) is 0 Å². The predicted octanol–water partition coefficient (Wildman–Crippen LogP) is 3.11. The molecule has 0 spiro atoms. The smallest absolute Gasteiger partial charge is 0.261 e. The summed E-state index contributed by atoms with van der Waals surface area (Å²) in [6, 6.07) is 15.7. The zero-order valence-corrected chi connectivity index (χ0v) is 15.8. The van der Waals surface area contributed by atoms with Crippen LogP contribution in [-0.2, 0) is 4.79 Å². The number of carbonyl (C=O) groups is 4. The Balaban J connectivity index is 1.48. The van der Waals surface area contributed by atoms with E-state index >= 15 is 0 Å². The molecule has 6 heteroatoms. The Kier molecular flexibility index (Phi) is 5.08. The van der Waals surface area contributed by atoms with Gasteiger partial charge >= 0.3 is 0 Å². The predicted molar refractivity (Wildman–Crippen MR) is 106 cm³/mol. The highest BCUT2D eigenvalue weighted by Gasteiger charge is 2.34. The molecule has 2 aromatic carbocycles. The summed E-state index contributed by atoms with van der Waals surface area (Å²) in [6.07, 6.45) is 1.54. The first-order valence-corrected chi connectivity index (χ1v) is 9.63. The number of hydrogen-bond acceptors (Lipinski definition) is 4.